The van der Waals surface area contributed by atoms with Gasteiger partial charge < -0.3 is 10.8 Å². The zero-order valence-corrected chi connectivity index (χ0v) is 17.9. The third-order valence-corrected chi connectivity index (χ3v) is 9.26. The number of hydrogen-bond acceptors (Lipinski definition) is 5. The van der Waals surface area contributed by atoms with Gasteiger partial charge >= 0.3 is 0 Å². The van der Waals surface area contributed by atoms with E-state index in [1.54, 1.807) is 6.92 Å². The van der Waals surface area contributed by atoms with E-state index in [-0.39, 0.29) is 41.0 Å². The average molecular weight is 440 g/mol. The van der Waals surface area contributed by atoms with E-state index in [9.17, 15) is 19.5 Å². The standard InChI is InChI=1S/C22H27F2NO4S/c1-20-9-17(27)22(24)14(8-16(23)15-7-11(26)5-6-21(15,22)2)12(20)3-4-13(20)19(29)30-10-18(25)28/h5-7,12-14,16-17,27H,3-4,8-10H2,1-2H3,(H2,25,28)/t12?,13-,14+,16+,17+,20+,21+,22+/m1/s1. The summed E-state index contributed by atoms with van der Waals surface area (Å²) in [6, 6.07) is 0. The van der Waals surface area contributed by atoms with Gasteiger partial charge in [-0.25, -0.2) is 8.78 Å². The fourth-order valence-corrected chi connectivity index (χ4v) is 7.70. The molecule has 4 aliphatic rings. The number of aliphatic hydroxyl groups is 1. The van der Waals surface area contributed by atoms with E-state index in [1.165, 1.54) is 18.2 Å². The zero-order valence-electron chi connectivity index (χ0n) is 17.1. The molecule has 3 saturated carbocycles. The predicted octanol–water partition coefficient (Wildman–Crippen LogP) is 2.67. The van der Waals surface area contributed by atoms with Gasteiger partial charge in [0.1, 0.15) is 6.17 Å². The quantitative estimate of drug-likeness (QED) is 0.705. The molecule has 0 aromatic rings. The molecule has 1 unspecified atom stereocenters. The van der Waals surface area contributed by atoms with E-state index in [2.05, 4.69) is 0 Å². The van der Waals surface area contributed by atoms with Gasteiger partial charge in [-0.15, -0.1) is 0 Å². The molecule has 30 heavy (non-hydrogen) atoms. The molecule has 5 nitrogen and oxygen atoms in total. The number of carbonyl (C=O) groups excluding carboxylic acids is 3. The van der Waals surface area contributed by atoms with Crippen LogP contribution in [-0.4, -0.2) is 45.6 Å². The normalized spacial score (nSPS) is 47.2. The van der Waals surface area contributed by atoms with Gasteiger partial charge in [-0.2, -0.15) is 0 Å². The molecule has 164 valence electrons. The van der Waals surface area contributed by atoms with Gasteiger partial charge in [0.25, 0.3) is 0 Å². The maximum atomic E-state index is 16.9. The first kappa shape index (κ1) is 21.7. The van der Waals surface area contributed by atoms with Crippen LogP contribution in [0.4, 0.5) is 8.78 Å². The third-order valence-electron chi connectivity index (χ3n) is 8.27. The Kier molecular flexibility index (Phi) is 5.05. The number of amides is 1. The van der Waals surface area contributed by atoms with Crippen molar-refractivity contribution < 1.29 is 28.3 Å². The number of primary amides is 1. The lowest BCUT2D eigenvalue weighted by Crippen LogP contribution is -2.68. The molecule has 3 N–H and O–H groups in total. The number of hydrogen-bond donors (Lipinski definition) is 2. The second-order valence-corrected chi connectivity index (χ2v) is 10.6. The molecule has 0 aliphatic heterocycles. The van der Waals surface area contributed by atoms with Crippen LogP contribution in [0.2, 0.25) is 0 Å². The number of allylic oxidation sites excluding steroid dienone is 4. The second-order valence-electron chi connectivity index (χ2n) is 9.65. The first-order valence-electron chi connectivity index (χ1n) is 10.4. The number of halogens is 2. The Morgan fingerprint density at radius 3 is 2.67 bits per heavy atom. The summed E-state index contributed by atoms with van der Waals surface area (Å²) >= 11 is 0.863. The number of nitrogens with two attached hydrogens (primary N) is 1. The molecule has 4 rings (SSSR count). The van der Waals surface area contributed by atoms with E-state index in [4.69, 9.17) is 5.73 Å². The maximum Gasteiger partial charge on any atom is 0.227 e. The smallest absolute Gasteiger partial charge is 0.227 e. The molecule has 4 aliphatic carbocycles. The highest BCUT2D eigenvalue weighted by Crippen LogP contribution is 2.69. The van der Waals surface area contributed by atoms with Crippen LogP contribution in [-0.2, 0) is 14.4 Å². The summed E-state index contributed by atoms with van der Waals surface area (Å²) in [7, 11) is 0. The molecule has 0 bridgehead atoms. The van der Waals surface area contributed by atoms with Gasteiger partial charge in [0, 0.05) is 17.3 Å². The number of fused-ring (bicyclic) bond motifs is 5. The Labute approximate surface area is 178 Å². The molecule has 1 amide bonds. The van der Waals surface area contributed by atoms with Crippen LogP contribution < -0.4 is 5.73 Å². The lowest BCUT2D eigenvalue weighted by Gasteiger charge is -2.62. The van der Waals surface area contributed by atoms with Crippen molar-refractivity contribution in [1.29, 1.82) is 0 Å². The molecular formula is C22H27F2NO4S. The number of thioether (sulfide) groups is 1. The first-order chi connectivity index (χ1) is 13.9. The minimum atomic E-state index is -2.12. The Morgan fingerprint density at radius 1 is 1.30 bits per heavy atom. The van der Waals surface area contributed by atoms with Crippen LogP contribution in [0.1, 0.15) is 39.5 Å². The summed E-state index contributed by atoms with van der Waals surface area (Å²) in [5.74, 6) is -2.58. The number of aliphatic hydroxyl groups excluding tert-OH is 1. The summed E-state index contributed by atoms with van der Waals surface area (Å²) in [6.07, 6.45) is 1.96. The number of alkyl halides is 2. The zero-order chi connectivity index (χ0) is 22.1. The van der Waals surface area contributed by atoms with E-state index in [0.29, 0.717) is 12.8 Å². The van der Waals surface area contributed by atoms with Crippen molar-refractivity contribution in [2.45, 2.75) is 57.5 Å². The molecule has 3 fully saturated rings. The predicted molar refractivity (Wildman–Crippen MR) is 109 cm³/mol. The van der Waals surface area contributed by atoms with E-state index >= 15 is 8.78 Å². The fraction of sp³-hybridized carbons (Fsp3) is 0.682. The Morgan fingerprint density at radius 2 is 2.00 bits per heavy atom. The van der Waals surface area contributed by atoms with Crippen LogP contribution >= 0.6 is 11.8 Å². The van der Waals surface area contributed by atoms with Crippen LogP contribution in [0.3, 0.4) is 0 Å². The maximum absolute atomic E-state index is 16.9. The molecule has 0 spiro atoms. The monoisotopic (exact) mass is 439 g/mol. The third kappa shape index (κ3) is 2.79. The van der Waals surface area contributed by atoms with Crippen molar-refractivity contribution in [3.63, 3.8) is 0 Å². The van der Waals surface area contributed by atoms with Crippen LogP contribution in [0.15, 0.2) is 23.8 Å². The van der Waals surface area contributed by atoms with E-state index in [0.717, 1.165) is 11.8 Å². The summed E-state index contributed by atoms with van der Waals surface area (Å²) < 4.78 is 32.1. The van der Waals surface area contributed by atoms with Crippen LogP contribution in [0.5, 0.6) is 0 Å². The Hall–Kier alpha value is -1.54. The SMILES string of the molecule is C[C@]12C[C@H](O)[C@@]3(F)[C@@H](C[C@H](F)C4=CC(=O)C=C[C@@]43C)C1CC[C@@H]2C(=O)SCC(N)=O. The van der Waals surface area contributed by atoms with Gasteiger partial charge in [-0.3, -0.25) is 14.4 Å². The highest BCUT2D eigenvalue weighted by molar-refractivity contribution is 8.14. The van der Waals surface area contributed by atoms with Crippen molar-refractivity contribution in [3.8, 4) is 0 Å². The number of rotatable bonds is 3. The van der Waals surface area contributed by atoms with E-state index in [1.807, 2.05) is 6.92 Å². The Bertz CT molecular complexity index is 875. The summed E-state index contributed by atoms with van der Waals surface area (Å²) in [5.41, 5.74) is 1.03. The summed E-state index contributed by atoms with van der Waals surface area (Å²) in [4.78, 5) is 35.7. The van der Waals surface area contributed by atoms with Crippen molar-refractivity contribution in [2.24, 2.45) is 34.3 Å². The minimum Gasteiger partial charge on any atom is -0.390 e. The minimum absolute atomic E-state index is 0.0693. The fourth-order valence-electron chi connectivity index (χ4n) is 6.83. The molecule has 0 aromatic carbocycles. The Balaban J connectivity index is 1.71. The highest BCUT2D eigenvalue weighted by atomic mass is 32.2. The summed E-state index contributed by atoms with van der Waals surface area (Å²) in [6.45, 7) is 3.44. The van der Waals surface area contributed by atoms with Gasteiger partial charge in [0.15, 0.2) is 16.6 Å². The lowest BCUT2D eigenvalue weighted by molar-refractivity contribution is -0.201. The molecule has 8 heteroatoms. The first-order valence-corrected chi connectivity index (χ1v) is 11.3. The molecule has 0 radical (unpaired) electrons. The average Bonchev–Trinajstić information content (AvgIpc) is 3.00. The van der Waals surface area contributed by atoms with Crippen LogP contribution in [0.25, 0.3) is 0 Å². The van der Waals surface area contributed by atoms with Gasteiger partial charge in [-0.1, -0.05) is 24.8 Å². The van der Waals surface area contributed by atoms with Gasteiger partial charge in [0.05, 0.1) is 11.9 Å². The van der Waals surface area contributed by atoms with E-state index < -0.39 is 46.5 Å². The van der Waals surface area contributed by atoms with Gasteiger partial charge in [0.2, 0.25) is 5.91 Å². The van der Waals surface area contributed by atoms with Crippen molar-refractivity contribution in [1.82, 2.24) is 0 Å². The molecule has 0 heterocycles. The molecule has 0 saturated heterocycles. The second kappa shape index (κ2) is 6.99. The lowest BCUT2D eigenvalue weighted by atomic mass is 9.45. The van der Waals surface area contributed by atoms with Crippen molar-refractivity contribution in [2.75, 3.05) is 5.75 Å². The summed E-state index contributed by atoms with van der Waals surface area (Å²) in [5, 5.41) is 10.9. The number of carbonyl (C=O) groups is 3. The highest BCUT2D eigenvalue weighted by Gasteiger charge is 2.72. The number of ketones is 1. The topological polar surface area (TPSA) is 97.5 Å². The molecular weight excluding hydrogens is 412 g/mol. The molecule has 0 aromatic heterocycles. The van der Waals surface area contributed by atoms with Crippen molar-refractivity contribution >= 4 is 28.6 Å². The molecule has 8 atom stereocenters. The largest absolute Gasteiger partial charge is 0.390 e. The van der Waals surface area contributed by atoms with Crippen LogP contribution in [0, 0.1) is 28.6 Å². The van der Waals surface area contributed by atoms with Gasteiger partial charge in [-0.05, 0) is 61.7 Å². The van der Waals surface area contributed by atoms with Crippen molar-refractivity contribution in [3.05, 3.63) is 23.8 Å².